The van der Waals surface area contributed by atoms with Crippen LogP contribution in [0.4, 0.5) is 0 Å². The number of hydrogen-bond donors (Lipinski definition) is 1. The van der Waals surface area contributed by atoms with Crippen molar-refractivity contribution >= 4 is 23.5 Å². The predicted molar refractivity (Wildman–Crippen MR) is 169 cm³/mol. The molecule has 3 aromatic rings. The van der Waals surface area contributed by atoms with Crippen molar-refractivity contribution in [2.75, 3.05) is 13.1 Å². The summed E-state index contributed by atoms with van der Waals surface area (Å²) in [5.41, 5.74) is 1.96. The first-order valence-corrected chi connectivity index (χ1v) is 15.3. The average Bonchev–Trinajstić information content (AvgIpc) is 3.57. The number of ether oxygens (including phenoxy) is 1. The molecular formula is C36H41N3O5. The van der Waals surface area contributed by atoms with Crippen molar-refractivity contribution in [1.82, 2.24) is 15.1 Å². The van der Waals surface area contributed by atoms with Crippen LogP contribution in [0.2, 0.25) is 0 Å². The molecule has 8 nitrogen and oxygen atoms in total. The van der Waals surface area contributed by atoms with Crippen LogP contribution in [-0.4, -0.2) is 64.5 Å². The smallest absolute Gasteiger partial charge is 0.254 e. The highest BCUT2D eigenvalue weighted by atomic mass is 16.5. The second-order valence-corrected chi connectivity index (χ2v) is 13.2. The van der Waals surface area contributed by atoms with E-state index < -0.39 is 18.1 Å². The number of likely N-dealkylation sites (tertiary alicyclic amines) is 2. The van der Waals surface area contributed by atoms with E-state index in [0.717, 1.165) is 5.56 Å². The largest absolute Gasteiger partial charge is 0.457 e. The summed E-state index contributed by atoms with van der Waals surface area (Å²) in [5.74, 6) is 0.256. The second kappa shape index (κ2) is 12.6. The summed E-state index contributed by atoms with van der Waals surface area (Å²) in [4.78, 5) is 57.3. The third-order valence-electron chi connectivity index (χ3n) is 8.35. The molecule has 2 fully saturated rings. The van der Waals surface area contributed by atoms with Crippen molar-refractivity contribution < 1.29 is 23.9 Å². The van der Waals surface area contributed by atoms with Crippen LogP contribution >= 0.6 is 0 Å². The average molecular weight is 596 g/mol. The zero-order valence-corrected chi connectivity index (χ0v) is 26.1. The molecule has 0 spiro atoms. The van der Waals surface area contributed by atoms with Gasteiger partial charge in [-0.1, -0.05) is 71.0 Å². The van der Waals surface area contributed by atoms with Gasteiger partial charge in [-0.15, -0.1) is 0 Å². The van der Waals surface area contributed by atoms with Crippen molar-refractivity contribution in [3.05, 3.63) is 95.6 Å². The Bertz CT molecular complexity index is 1530. The van der Waals surface area contributed by atoms with E-state index in [4.69, 9.17) is 4.74 Å². The Balaban J connectivity index is 1.29. The number of nitrogens with one attached hydrogen (secondary N) is 1. The van der Waals surface area contributed by atoms with Gasteiger partial charge in [-0.25, -0.2) is 0 Å². The van der Waals surface area contributed by atoms with Crippen LogP contribution in [0.3, 0.4) is 0 Å². The lowest BCUT2D eigenvalue weighted by Crippen LogP contribution is -2.53. The molecule has 2 aliphatic heterocycles. The number of carbonyl (C=O) groups is 4. The third-order valence-corrected chi connectivity index (χ3v) is 8.35. The van der Waals surface area contributed by atoms with Crippen LogP contribution in [0.1, 0.15) is 73.7 Å². The fraction of sp³-hybridized carbons (Fsp3) is 0.389. The summed E-state index contributed by atoms with van der Waals surface area (Å²) in [5, 5.41) is 2.94. The van der Waals surface area contributed by atoms with E-state index in [1.807, 2.05) is 56.3 Å². The minimum atomic E-state index is -0.784. The Kier molecular flexibility index (Phi) is 8.90. The molecule has 0 saturated carbocycles. The lowest BCUT2D eigenvalue weighted by molar-refractivity contribution is -0.138. The van der Waals surface area contributed by atoms with Gasteiger partial charge in [-0.3, -0.25) is 19.2 Å². The number of Topliss-reactive ketones (excluding diaryl/α,β-unsaturated/α-hetero) is 1. The Morgan fingerprint density at radius 3 is 2.23 bits per heavy atom. The first-order valence-electron chi connectivity index (χ1n) is 15.3. The maximum Gasteiger partial charge on any atom is 0.254 e. The minimum absolute atomic E-state index is 0.0424. The molecule has 1 N–H and O–H groups in total. The van der Waals surface area contributed by atoms with Gasteiger partial charge in [-0.05, 0) is 72.2 Å². The number of carbonyl (C=O) groups excluding carboxylic acids is 4. The summed E-state index contributed by atoms with van der Waals surface area (Å²) in [6, 6.07) is 21.7. The van der Waals surface area contributed by atoms with Crippen molar-refractivity contribution in [2.45, 2.75) is 71.0 Å². The fourth-order valence-electron chi connectivity index (χ4n) is 6.08. The van der Waals surface area contributed by atoms with Crippen LogP contribution in [0.15, 0.2) is 78.9 Å². The number of hydrogen-bond acceptors (Lipinski definition) is 5. The van der Waals surface area contributed by atoms with Gasteiger partial charge in [0.25, 0.3) is 11.8 Å². The summed E-state index contributed by atoms with van der Waals surface area (Å²) in [7, 11) is 0. The Morgan fingerprint density at radius 2 is 1.57 bits per heavy atom. The van der Waals surface area contributed by atoms with Gasteiger partial charge >= 0.3 is 0 Å². The molecule has 0 aliphatic carbocycles. The SMILES string of the molecule is CC(C)C[C@H](NC(=O)c1ccc(C(C)(C)C)cc1)C(=O)N1CC[C@@H]2[C@H]1C(=O)CN2C(=O)c1cccc(Oc2ccccc2)c1. The van der Waals surface area contributed by atoms with Gasteiger partial charge in [0.05, 0.1) is 12.6 Å². The van der Waals surface area contributed by atoms with Gasteiger partial charge in [-0.2, -0.15) is 0 Å². The van der Waals surface area contributed by atoms with E-state index in [1.165, 1.54) is 0 Å². The van der Waals surface area contributed by atoms with E-state index in [1.54, 1.807) is 46.2 Å². The molecule has 230 valence electrons. The van der Waals surface area contributed by atoms with Crippen molar-refractivity contribution in [3.8, 4) is 11.5 Å². The lowest BCUT2D eigenvalue weighted by Gasteiger charge is -2.29. The molecule has 5 rings (SSSR count). The lowest BCUT2D eigenvalue weighted by atomic mass is 9.86. The number of amides is 3. The first-order chi connectivity index (χ1) is 20.9. The number of nitrogens with zero attached hydrogens (tertiary/aromatic N) is 2. The highest BCUT2D eigenvalue weighted by Crippen LogP contribution is 2.33. The zero-order valence-electron chi connectivity index (χ0n) is 26.1. The Morgan fingerprint density at radius 1 is 0.886 bits per heavy atom. The molecule has 2 heterocycles. The number of benzene rings is 3. The quantitative estimate of drug-likeness (QED) is 0.365. The van der Waals surface area contributed by atoms with Crippen molar-refractivity contribution in [3.63, 3.8) is 0 Å². The summed E-state index contributed by atoms with van der Waals surface area (Å²) in [6.45, 7) is 10.6. The highest BCUT2D eigenvalue weighted by Gasteiger charge is 2.52. The summed E-state index contributed by atoms with van der Waals surface area (Å²) in [6.07, 6.45) is 0.925. The zero-order chi connectivity index (χ0) is 31.6. The molecule has 3 atom stereocenters. The molecular weight excluding hydrogens is 554 g/mol. The van der Waals surface area contributed by atoms with Crippen LogP contribution in [0.25, 0.3) is 0 Å². The monoisotopic (exact) mass is 595 g/mol. The molecule has 3 aromatic carbocycles. The van der Waals surface area contributed by atoms with Crippen LogP contribution in [0, 0.1) is 5.92 Å². The van der Waals surface area contributed by atoms with E-state index in [-0.39, 0.29) is 41.4 Å². The van der Waals surface area contributed by atoms with E-state index in [9.17, 15) is 19.2 Å². The van der Waals surface area contributed by atoms with Crippen LogP contribution in [-0.2, 0) is 15.0 Å². The van der Waals surface area contributed by atoms with E-state index in [2.05, 4.69) is 26.1 Å². The molecule has 2 aliphatic rings. The van der Waals surface area contributed by atoms with Crippen molar-refractivity contribution in [1.29, 1.82) is 0 Å². The Labute approximate surface area is 259 Å². The summed E-state index contributed by atoms with van der Waals surface area (Å²) < 4.78 is 5.91. The maximum atomic E-state index is 13.9. The fourth-order valence-corrected chi connectivity index (χ4v) is 6.08. The molecule has 0 unspecified atom stereocenters. The van der Waals surface area contributed by atoms with Gasteiger partial charge < -0.3 is 19.9 Å². The Hall–Kier alpha value is -4.46. The molecule has 2 saturated heterocycles. The molecule has 0 radical (unpaired) electrons. The minimum Gasteiger partial charge on any atom is -0.457 e. The van der Waals surface area contributed by atoms with E-state index >= 15 is 0 Å². The normalized spacial score (nSPS) is 18.7. The number of para-hydroxylation sites is 1. The maximum absolute atomic E-state index is 13.9. The predicted octanol–water partition coefficient (Wildman–Crippen LogP) is 5.62. The molecule has 0 aromatic heterocycles. The van der Waals surface area contributed by atoms with Gasteiger partial charge in [0, 0.05) is 17.7 Å². The standard InChI is InChI=1S/C36H41N3O5/c1-23(2)20-29(37-33(41)24-14-16-26(17-15-24)36(3,4)5)35(43)38-19-18-30-32(38)31(40)22-39(30)34(42)25-10-9-13-28(21-25)44-27-11-7-6-8-12-27/h6-17,21,23,29-30,32H,18-20,22H2,1-5H3,(H,37,41)/t29-,30+,32-/m0/s1. The number of fused-ring (bicyclic) bond motifs is 1. The van der Waals surface area contributed by atoms with Crippen molar-refractivity contribution in [2.24, 2.45) is 5.92 Å². The van der Waals surface area contributed by atoms with Crippen LogP contribution < -0.4 is 10.1 Å². The van der Waals surface area contributed by atoms with E-state index in [0.29, 0.717) is 42.0 Å². The molecule has 44 heavy (non-hydrogen) atoms. The third kappa shape index (κ3) is 6.69. The summed E-state index contributed by atoms with van der Waals surface area (Å²) >= 11 is 0. The van der Waals surface area contributed by atoms with Gasteiger partial charge in [0.1, 0.15) is 23.6 Å². The van der Waals surface area contributed by atoms with Gasteiger partial charge in [0.2, 0.25) is 5.91 Å². The molecule has 3 amide bonds. The topological polar surface area (TPSA) is 96.0 Å². The second-order valence-electron chi connectivity index (χ2n) is 13.2. The first kappa shape index (κ1) is 31.0. The highest BCUT2D eigenvalue weighted by molar-refractivity contribution is 6.03. The number of ketones is 1. The van der Waals surface area contributed by atoms with Gasteiger partial charge in [0.15, 0.2) is 5.78 Å². The van der Waals surface area contributed by atoms with Crippen LogP contribution in [0.5, 0.6) is 11.5 Å². The molecule has 8 heteroatoms. The molecule has 0 bridgehead atoms. The number of rotatable bonds is 8.